The summed E-state index contributed by atoms with van der Waals surface area (Å²) in [5, 5.41) is 9.96. The minimum atomic E-state index is -4.77. The first-order valence-electron chi connectivity index (χ1n) is 4.37. The zero-order chi connectivity index (χ0) is 12.3. The number of nitrogens with one attached hydrogen (secondary N) is 1. The number of aliphatic hydroxyl groups is 1. The maximum atomic E-state index is 12.1. The van der Waals surface area contributed by atoms with Crippen molar-refractivity contribution in [1.82, 2.24) is 10.4 Å². The number of alkyl halides is 3. The van der Waals surface area contributed by atoms with E-state index in [1.54, 1.807) is 0 Å². The third-order valence-corrected chi connectivity index (χ3v) is 2.08. The number of hydrazine groups is 1. The lowest BCUT2D eigenvalue weighted by Crippen LogP contribution is -2.51. The Morgan fingerprint density at radius 2 is 2.31 bits per heavy atom. The number of aliphatic imine (C=N–C) groups is 1. The lowest BCUT2D eigenvalue weighted by molar-refractivity contribution is -0.209. The summed E-state index contributed by atoms with van der Waals surface area (Å²) in [5.41, 5.74) is 7.41. The molecule has 0 aliphatic carbocycles. The molecule has 0 bridgehead atoms. The Labute approximate surface area is 88.9 Å². The average molecular weight is 240 g/mol. The Hall–Kier alpha value is -1.35. The molecular weight excluding hydrogens is 229 g/mol. The van der Waals surface area contributed by atoms with E-state index < -0.39 is 30.7 Å². The van der Waals surface area contributed by atoms with Gasteiger partial charge in [-0.25, -0.2) is 0 Å². The largest absolute Gasteiger partial charge is 0.414 e. The van der Waals surface area contributed by atoms with Crippen LogP contribution in [0.15, 0.2) is 4.99 Å². The molecule has 1 unspecified atom stereocenters. The summed E-state index contributed by atoms with van der Waals surface area (Å²) in [6, 6.07) is -1.26. The van der Waals surface area contributed by atoms with Gasteiger partial charge >= 0.3 is 6.18 Å². The topological polar surface area (TPSA) is 91.0 Å². The van der Waals surface area contributed by atoms with E-state index in [0.717, 1.165) is 5.01 Å². The van der Waals surface area contributed by atoms with Crippen molar-refractivity contribution < 1.29 is 23.1 Å². The van der Waals surface area contributed by atoms with Gasteiger partial charge in [0.15, 0.2) is 6.10 Å². The van der Waals surface area contributed by atoms with Crippen LogP contribution >= 0.6 is 0 Å². The molecule has 0 radical (unpaired) electrons. The molecule has 4 N–H and O–H groups in total. The Morgan fingerprint density at radius 1 is 1.69 bits per heavy atom. The van der Waals surface area contributed by atoms with Gasteiger partial charge in [-0.3, -0.25) is 9.79 Å². The number of amides is 1. The van der Waals surface area contributed by atoms with Gasteiger partial charge in [0.1, 0.15) is 12.7 Å². The molecule has 0 fully saturated rings. The quantitative estimate of drug-likeness (QED) is 0.585. The summed E-state index contributed by atoms with van der Waals surface area (Å²) in [6.07, 6.45) is -6.95. The van der Waals surface area contributed by atoms with Crippen molar-refractivity contribution in [2.45, 2.75) is 24.7 Å². The molecule has 0 aromatic rings. The molecule has 1 aliphatic rings. The number of nitrogens with zero attached hydrogens (tertiary/aromatic N) is 2. The van der Waals surface area contributed by atoms with E-state index in [4.69, 9.17) is 10.8 Å². The van der Waals surface area contributed by atoms with E-state index >= 15 is 0 Å². The molecule has 0 saturated carbocycles. The second-order valence-electron chi connectivity index (χ2n) is 3.26. The van der Waals surface area contributed by atoms with Crippen molar-refractivity contribution in [1.29, 1.82) is 0 Å². The van der Waals surface area contributed by atoms with E-state index in [2.05, 4.69) is 10.4 Å². The predicted octanol–water partition coefficient (Wildman–Crippen LogP) is -1.04. The second-order valence-corrected chi connectivity index (χ2v) is 3.26. The fourth-order valence-electron chi connectivity index (χ4n) is 1.22. The van der Waals surface area contributed by atoms with Gasteiger partial charge in [0.05, 0.1) is 6.34 Å². The Balaban J connectivity index is 2.62. The first kappa shape index (κ1) is 12.7. The van der Waals surface area contributed by atoms with Gasteiger partial charge < -0.3 is 16.3 Å². The van der Waals surface area contributed by atoms with E-state index in [9.17, 15) is 18.0 Å². The minimum Gasteiger partial charge on any atom is -0.384 e. The summed E-state index contributed by atoms with van der Waals surface area (Å²) in [6.45, 7) is 0.0121. The molecule has 0 aromatic carbocycles. The van der Waals surface area contributed by atoms with Gasteiger partial charge in [0.25, 0.3) is 0 Å². The second kappa shape index (κ2) is 4.66. The van der Waals surface area contributed by atoms with Crippen LogP contribution in [-0.4, -0.2) is 47.4 Å². The highest BCUT2D eigenvalue weighted by Gasteiger charge is 2.42. The minimum absolute atomic E-state index is 0.0121. The van der Waals surface area contributed by atoms with Crippen LogP contribution in [0.3, 0.4) is 0 Å². The van der Waals surface area contributed by atoms with Crippen LogP contribution in [0.5, 0.6) is 0 Å². The fraction of sp³-hybridized carbons (Fsp3) is 0.714. The Kier molecular flexibility index (Phi) is 3.70. The van der Waals surface area contributed by atoms with Crippen LogP contribution in [0.2, 0.25) is 0 Å². The molecule has 0 aromatic heterocycles. The molecule has 0 spiro atoms. The van der Waals surface area contributed by atoms with E-state index in [0.29, 0.717) is 0 Å². The molecule has 6 nitrogen and oxygen atoms in total. The summed E-state index contributed by atoms with van der Waals surface area (Å²) in [4.78, 5) is 14.6. The molecule has 1 amide bonds. The molecule has 16 heavy (non-hydrogen) atoms. The molecule has 1 rings (SSSR count). The van der Waals surface area contributed by atoms with Crippen LogP contribution in [0.4, 0.5) is 13.2 Å². The number of halogens is 3. The highest BCUT2D eigenvalue weighted by atomic mass is 19.4. The average Bonchev–Trinajstić information content (AvgIpc) is 2.63. The molecule has 1 heterocycles. The van der Waals surface area contributed by atoms with E-state index in [1.165, 1.54) is 6.34 Å². The first-order valence-corrected chi connectivity index (χ1v) is 4.37. The van der Waals surface area contributed by atoms with Gasteiger partial charge in [0.2, 0.25) is 5.91 Å². The maximum Gasteiger partial charge on any atom is 0.414 e. The fourth-order valence-corrected chi connectivity index (χ4v) is 1.22. The number of primary amides is 1. The van der Waals surface area contributed by atoms with E-state index in [-0.39, 0.29) is 6.67 Å². The van der Waals surface area contributed by atoms with Gasteiger partial charge in [-0.05, 0) is 0 Å². The predicted molar refractivity (Wildman–Crippen MR) is 48.0 cm³/mol. The monoisotopic (exact) mass is 240 g/mol. The Morgan fingerprint density at radius 3 is 2.69 bits per heavy atom. The van der Waals surface area contributed by atoms with Crippen LogP contribution in [-0.2, 0) is 4.79 Å². The standard InChI is InChI=1S/C7H11F3N4O2/c8-7(9,10)5(15)1-4(6(11)16)14-3-12-2-13-14/h2,4-5,15H,1,3H2,(H2,11,16)(H,12,13)/t4?,5-/m0/s1. The van der Waals surface area contributed by atoms with E-state index in [1.807, 2.05) is 0 Å². The zero-order valence-electron chi connectivity index (χ0n) is 8.11. The number of aliphatic hydroxyl groups excluding tert-OH is 1. The molecule has 1 aliphatic heterocycles. The van der Waals surface area contributed by atoms with Crippen LogP contribution in [0, 0.1) is 0 Å². The van der Waals surface area contributed by atoms with Crippen molar-refractivity contribution in [3.05, 3.63) is 0 Å². The summed E-state index contributed by atoms with van der Waals surface area (Å²) in [7, 11) is 0. The summed E-state index contributed by atoms with van der Waals surface area (Å²) < 4.78 is 36.3. The maximum absolute atomic E-state index is 12.1. The number of hydrogen-bond acceptors (Lipinski definition) is 5. The van der Waals surface area contributed by atoms with Gasteiger partial charge in [0, 0.05) is 6.42 Å². The molecule has 0 saturated heterocycles. The smallest absolute Gasteiger partial charge is 0.384 e. The van der Waals surface area contributed by atoms with Crippen LogP contribution in [0.1, 0.15) is 6.42 Å². The Bertz CT molecular complexity index is 286. The third-order valence-electron chi connectivity index (χ3n) is 2.08. The zero-order valence-corrected chi connectivity index (χ0v) is 8.11. The van der Waals surface area contributed by atoms with Crippen molar-refractivity contribution in [2.24, 2.45) is 10.7 Å². The molecule has 9 heteroatoms. The number of carbonyl (C=O) groups is 1. The van der Waals surface area contributed by atoms with Crippen molar-refractivity contribution in [2.75, 3.05) is 6.67 Å². The molecule has 92 valence electrons. The molecule has 2 atom stereocenters. The lowest BCUT2D eigenvalue weighted by atomic mass is 10.1. The van der Waals surface area contributed by atoms with Crippen LogP contribution < -0.4 is 11.2 Å². The number of hydrogen-bond donors (Lipinski definition) is 3. The summed E-state index contributed by atoms with van der Waals surface area (Å²) in [5.74, 6) is -0.957. The van der Waals surface area contributed by atoms with Gasteiger partial charge in [-0.15, -0.1) is 0 Å². The highest BCUT2D eigenvalue weighted by Crippen LogP contribution is 2.24. The highest BCUT2D eigenvalue weighted by molar-refractivity contribution is 5.80. The number of nitrogens with two attached hydrogens (primary N) is 1. The first-order chi connectivity index (χ1) is 7.32. The molecular formula is C7H11F3N4O2. The summed E-state index contributed by atoms with van der Waals surface area (Å²) >= 11 is 0. The number of carbonyl (C=O) groups excluding carboxylic acids is 1. The van der Waals surface area contributed by atoms with Gasteiger partial charge in [-0.1, -0.05) is 0 Å². The third kappa shape index (κ3) is 3.07. The van der Waals surface area contributed by atoms with Gasteiger partial charge in [-0.2, -0.15) is 18.2 Å². The van der Waals surface area contributed by atoms with Crippen molar-refractivity contribution in [3.63, 3.8) is 0 Å². The number of rotatable bonds is 4. The van der Waals surface area contributed by atoms with Crippen molar-refractivity contribution >= 4 is 12.2 Å². The lowest BCUT2D eigenvalue weighted by Gasteiger charge is -2.26. The van der Waals surface area contributed by atoms with Crippen molar-refractivity contribution in [3.8, 4) is 0 Å². The van der Waals surface area contributed by atoms with Crippen LogP contribution in [0.25, 0.3) is 0 Å². The normalized spacial score (nSPS) is 20.5. The SMILES string of the molecule is NC(=O)C(C[C@H](O)C(F)(F)F)N1CN=CN1.